The van der Waals surface area contributed by atoms with Gasteiger partial charge in [0.05, 0.1) is 7.11 Å². The topological polar surface area (TPSA) is 38.3 Å². The van der Waals surface area contributed by atoms with Gasteiger partial charge < -0.3 is 10.1 Å². The number of carbonyl (C=O) groups is 1. The van der Waals surface area contributed by atoms with Crippen LogP contribution < -0.4 is 5.32 Å². The van der Waals surface area contributed by atoms with Gasteiger partial charge in [0.15, 0.2) is 0 Å². The number of hydrogen-bond acceptors (Lipinski definition) is 2. The van der Waals surface area contributed by atoms with Crippen LogP contribution in [0, 0.1) is 20.8 Å². The maximum Gasteiger partial charge on any atom is 0.406 e. The second-order valence-electron chi connectivity index (χ2n) is 5.41. The number of methoxy groups -OCH3 is 1. The molecule has 1 aromatic rings. The number of amides is 1. The molecule has 1 rings (SSSR count). The van der Waals surface area contributed by atoms with Crippen molar-refractivity contribution in [3.63, 3.8) is 0 Å². The lowest BCUT2D eigenvalue weighted by molar-refractivity contribution is 0.168. The fourth-order valence-electron chi connectivity index (χ4n) is 2.15. The van der Waals surface area contributed by atoms with E-state index in [0.717, 1.165) is 0 Å². The maximum absolute atomic E-state index is 11.2. The molecule has 0 fully saturated rings. The molecule has 1 aromatic carbocycles. The minimum atomic E-state index is -0.385. The highest BCUT2D eigenvalue weighted by Gasteiger charge is 2.24. The number of benzene rings is 1. The minimum Gasteiger partial charge on any atom is -0.453 e. The molecule has 0 bridgehead atoms. The van der Waals surface area contributed by atoms with E-state index < -0.39 is 0 Å². The van der Waals surface area contributed by atoms with Crippen LogP contribution in [0.25, 0.3) is 0 Å². The second-order valence-corrected chi connectivity index (χ2v) is 5.41. The van der Waals surface area contributed by atoms with Crippen molar-refractivity contribution in [2.24, 2.45) is 0 Å². The summed E-state index contributed by atoms with van der Waals surface area (Å²) in [5, 5.41) is 2.77. The van der Waals surface area contributed by atoms with Crippen LogP contribution >= 0.6 is 0 Å². The predicted octanol–water partition coefficient (Wildman–Crippen LogP) is 3.25. The molecule has 0 spiro atoms. The van der Waals surface area contributed by atoms with Crippen LogP contribution in [0.2, 0.25) is 0 Å². The fourth-order valence-corrected chi connectivity index (χ4v) is 2.15. The first-order chi connectivity index (χ1) is 8.29. The number of alkyl carbamates (subject to hydrolysis) is 1. The van der Waals surface area contributed by atoms with E-state index >= 15 is 0 Å². The van der Waals surface area contributed by atoms with Crippen molar-refractivity contribution < 1.29 is 9.53 Å². The van der Waals surface area contributed by atoms with Crippen molar-refractivity contribution in [1.29, 1.82) is 0 Å². The quantitative estimate of drug-likeness (QED) is 0.893. The first kappa shape index (κ1) is 14.6. The van der Waals surface area contributed by atoms with Crippen LogP contribution in [0.5, 0.6) is 0 Å². The molecule has 0 radical (unpaired) electrons. The molecule has 0 aliphatic heterocycles. The predicted molar refractivity (Wildman–Crippen MR) is 74.1 cm³/mol. The smallest absolute Gasteiger partial charge is 0.406 e. The summed E-state index contributed by atoms with van der Waals surface area (Å²) in [5.41, 5.74) is 5.07. The van der Waals surface area contributed by atoms with Gasteiger partial charge in [-0.1, -0.05) is 26.0 Å². The molecule has 0 aromatic heterocycles. The standard InChI is InChI=1S/C15H23NO2/c1-10-7-8-13(12(3)11(10)2)15(4,5)9-16-14(17)18-6/h7-8H,9H2,1-6H3,(H,16,17). The van der Waals surface area contributed by atoms with Crippen molar-refractivity contribution in [1.82, 2.24) is 5.32 Å². The van der Waals surface area contributed by atoms with E-state index in [0.29, 0.717) is 6.54 Å². The Bertz CT molecular complexity index is 450. The van der Waals surface area contributed by atoms with E-state index in [1.54, 1.807) is 0 Å². The number of nitrogens with one attached hydrogen (secondary N) is 1. The molecule has 1 N–H and O–H groups in total. The molecule has 3 nitrogen and oxygen atoms in total. The molecule has 0 atom stereocenters. The summed E-state index contributed by atoms with van der Waals surface area (Å²) in [4.78, 5) is 11.2. The Morgan fingerprint density at radius 2 is 1.83 bits per heavy atom. The van der Waals surface area contributed by atoms with Crippen molar-refractivity contribution in [3.8, 4) is 0 Å². The Kier molecular flexibility index (Phi) is 4.38. The minimum absolute atomic E-state index is 0.114. The number of rotatable bonds is 3. The summed E-state index contributed by atoms with van der Waals surface area (Å²) in [5.74, 6) is 0. The molecule has 0 aliphatic rings. The van der Waals surface area contributed by atoms with Crippen LogP contribution in [-0.4, -0.2) is 19.7 Å². The van der Waals surface area contributed by atoms with Gasteiger partial charge in [0.25, 0.3) is 0 Å². The van der Waals surface area contributed by atoms with Gasteiger partial charge in [-0.25, -0.2) is 4.79 Å². The molecule has 0 saturated heterocycles. The van der Waals surface area contributed by atoms with Gasteiger partial charge in [-0.15, -0.1) is 0 Å². The SMILES string of the molecule is COC(=O)NCC(C)(C)c1ccc(C)c(C)c1C. The molecule has 0 heterocycles. The largest absolute Gasteiger partial charge is 0.453 e. The Morgan fingerprint density at radius 3 is 2.39 bits per heavy atom. The molecule has 18 heavy (non-hydrogen) atoms. The first-order valence-corrected chi connectivity index (χ1v) is 6.18. The van der Waals surface area contributed by atoms with Crippen LogP contribution in [0.3, 0.4) is 0 Å². The highest BCUT2D eigenvalue weighted by Crippen LogP contribution is 2.28. The van der Waals surface area contributed by atoms with Gasteiger partial charge in [0.2, 0.25) is 0 Å². The van der Waals surface area contributed by atoms with Crippen LogP contribution in [-0.2, 0) is 10.2 Å². The highest BCUT2D eigenvalue weighted by molar-refractivity contribution is 5.67. The van der Waals surface area contributed by atoms with Gasteiger partial charge in [-0.3, -0.25) is 0 Å². The van der Waals surface area contributed by atoms with Crippen LogP contribution in [0.1, 0.15) is 36.1 Å². The average Bonchev–Trinajstić information content (AvgIpc) is 2.32. The zero-order chi connectivity index (χ0) is 13.9. The molecule has 0 aliphatic carbocycles. The van der Waals surface area contributed by atoms with E-state index in [1.165, 1.54) is 29.4 Å². The summed E-state index contributed by atoms with van der Waals surface area (Å²) in [6.45, 7) is 11.2. The summed E-state index contributed by atoms with van der Waals surface area (Å²) < 4.78 is 4.60. The van der Waals surface area contributed by atoms with Gasteiger partial charge in [-0.2, -0.15) is 0 Å². The summed E-state index contributed by atoms with van der Waals surface area (Å²) in [6, 6.07) is 4.29. The molecule has 0 unspecified atom stereocenters. The zero-order valence-electron chi connectivity index (χ0n) is 12.2. The third-order valence-corrected chi connectivity index (χ3v) is 3.65. The molecule has 100 valence electrons. The number of aryl methyl sites for hydroxylation is 1. The Morgan fingerprint density at radius 1 is 1.22 bits per heavy atom. The molecular formula is C15H23NO2. The monoisotopic (exact) mass is 249 g/mol. The van der Waals surface area contributed by atoms with E-state index in [-0.39, 0.29) is 11.5 Å². The lowest BCUT2D eigenvalue weighted by Crippen LogP contribution is -2.37. The zero-order valence-corrected chi connectivity index (χ0v) is 12.2. The van der Waals surface area contributed by atoms with E-state index in [4.69, 9.17) is 0 Å². The summed E-state index contributed by atoms with van der Waals surface area (Å²) in [6.07, 6.45) is -0.385. The molecular weight excluding hydrogens is 226 g/mol. The van der Waals surface area contributed by atoms with Gasteiger partial charge in [-0.05, 0) is 43.0 Å². The third-order valence-electron chi connectivity index (χ3n) is 3.65. The molecule has 3 heteroatoms. The first-order valence-electron chi connectivity index (χ1n) is 6.18. The normalized spacial score (nSPS) is 11.2. The summed E-state index contributed by atoms with van der Waals surface area (Å²) >= 11 is 0. The van der Waals surface area contributed by atoms with Crippen LogP contribution in [0.15, 0.2) is 12.1 Å². The number of ether oxygens (including phenoxy) is 1. The average molecular weight is 249 g/mol. The summed E-state index contributed by atoms with van der Waals surface area (Å²) in [7, 11) is 1.38. The van der Waals surface area contributed by atoms with Crippen molar-refractivity contribution in [2.75, 3.05) is 13.7 Å². The van der Waals surface area contributed by atoms with Crippen LogP contribution in [0.4, 0.5) is 4.79 Å². The van der Waals surface area contributed by atoms with Gasteiger partial charge in [0.1, 0.15) is 0 Å². The molecule has 1 amide bonds. The van der Waals surface area contributed by atoms with Gasteiger partial charge >= 0.3 is 6.09 Å². The third kappa shape index (κ3) is 3.03. The van der Waals surface area contributed by atoms with E-state index in [9.17, 15) is 4.79 Å². The van der Waals surface area contributed by atoms with E-state index in [1.807, 2.05) is 0 Å². The second kappa shape index (κ2) is 5.42. The number of hydrogen-bond donors (Lipinski definition) is 1. The molecule has 0 saturated carbocycles. The maximum atomic E-state index is 11.2. The Hall–Kier alpha value is -1.51. The Labute approximate surface area is 110 Å². The Balaban J connectivity index is 2.98. The lowest BCUT2D eigenvalue weighted by atomic mass is 9.80. The number of carbonyl (C=O) groups excluding carboxylic acids is 1. The van der Waals surface area contributed by atoms with Crippen molar-refractivity contribution >= 4 is 6.09 Å². The fraction of sp³-hybridized carbons (Fsp3) is 0.533. The highest BCUT2D eigenvalue weighted by atomic mass is 16.5. The van der Waals surface area contributed by atoms with E-state index in [2.05, 4.69) is 56.8 Å². The van der Waals surface area contributed by atoms with Gasteiger partial charge in [0, 0.05) is 12.0 Å². The van der Waals surface area contributed by atoms with Crippen molar-refractivity contribution in [3.05, 3.63) is 34.4 Å². The lowest BCUT2D eigenvalue weighted by Gasteiger charge is -2.28. The van der Waals surface area contributed by atoms with Crippen molar-refractivity contribution in [2.45, 2.75) is 40.0 Å².